The third-order valence-electron chi connectivity index (χ3n) is 6.16. The van der Waals surface area contributed by atoms with Crippen LogP contribution in [0.5, 0.6) is 17.2 Å². The molecule has 3 aromatic rings. The summed E-state index contributed by atoms with van der Waals surface area (Å²) in [5.41, 5.74) is 2.13. The fraction of sp³-hybridized carbons (Fsp3) is 0.345. The third-order valence-corrected chi connectivity index (χ3v) is 7.64. The van der Waals surface area contributed by atoms with Crippen LogP contribution in [0.25, 0.3) is 6.08 Å². The lowest BCUT2D eigenvalue weighted by molar-refractivity contribution is -0.139. The van der Waals surface area contributed by atoms with Gasteiger partial charge in [0.2, 0.25) is 0 Å². The molecule has 39 heavy (non-hydrogen) atoms. The van der Waals surface area contributed by atoms with E-state index in [0.29, 0.717) is 56.4 Å². The minimum absolute atomic E-state index is 0.203. The van der Waals surface area contributed by atoms with Crippen LogP contribution in [0.3, 0.4) is 0 Å². The van der Waals surface area contributed by atoms with Crippen molar-refractivity contribution in [2.45, 2.75) is 39.7 Å². The lowest BCUT2D eigenvalue weighted by Gasteiger charge is -2.27. The van der Waals surface area contributed by atoms with Gasteiger partial charge >= 0.3 is 5.97 Å². The van der Waals surface area contributed by atoms with Gasteiger partial charge in [0.15, 0.2) is 16.3 Å². The highest BCUT2D eigenvalue weighted by Gasteiger charge is 2.36. The fourth-order valence-electron chi connectivity index (χ4n) is 4.54. The number of ether oxygens (including phenoxy) is 4. The molecule has 0 spiro atoms. The van der Waals surface area contributed by atoms with Crippen molar-refractivity contribution in [3.05, 3.63) is 83.0 Å². The second-order valence-electron chi connectivity index (χ2n) is 8.64. The number of thiazole rings is 1. The molecule has 0 radical (unpaired) electrons. The largest absolute Gasteiger partial charge is 0.496 e. The summed E-state index contributed by atoms with van der Waals surface area (Å²) in [5.74, 6) is 1.25. The van der Waals surface area contributed by atoms with Crippen molar-refractivity contribution < 1.29 is 23.7 Å². The van der Waals surface area contributed by atoms with Gasteiger partial charge in [-0.1, -0.05) is 46.7 Å². The molecule has 10 heteroatoms. The second kappa shape index (κ2) is 12.7. The highest BCUT2D eigenvalue weighted by molar-refractivity contribution is 9.10. The maximum atomic E-state index is 14.0. The zero-order chi connectivity index (χ0) is 28.1. The first-order valence-electron chi connectivity index (χ1n) is 12.7. The molecule has 0 saturated carbocycles. The number of allylic oxidation sites excluding steroid dienone is 1. The molecule has 1 aromatic heterocycles. The van der Waals surface area contributed by atoms with Gasteiger partial charge in [-0.15, -0.1) is 0 Å². The normalized spacial score (nSPS) is 15.0. The molecule has 0 aliphatic carbocycles. The van der Waals surface area contributed by atoms with Gasteiger partial charge in [-0.3, -0.25) is 9.36 Å². The molecule has 0 fully saturated rings. The van der Waals surface area contributed by atoms with Crippen molar-refractivity contribution in [3.8, 4) is 17.2 Å². The van der Waals surface area contributed by atoms with Gasteiger partial charge in [0.05, 0.1) is 43.2 Å². The molecule has 2 heterocycles. The molecule has 2 aromatic carbocycles. The number of rotatable bonds is 10. The molecular weight excluding hydrogens is 584 g/mol. The SMILES string of the molecule is CCCC1=C(C(=O)OCC)[C@@H](c2cc(Br)ccc2OC)n2c(s/c(=C/c3ccc(OC)c(OCC)c3)c2=O)=N1. The summed E-state index contributed by atoms with van der Waals surface area (Å²) >= 11 is 4.82. The molecule has 0 unspecified atom stereocenters. The van der Waals surface area contributed by atoms with Crippen LogP contribution in [0, 0.1) is 0 Å². The molecule has 1 atom stereocenters. The Morgan fingerprint density at radius 2 is 1.79 bits per heavy atom. The van der Waals surface area contributed by atoms with Crippen LogP contribution in [0.2, 0.25) is 0 Å². The second-order valence-corrected chi connectivity index (χ2v) is 10.6. The number of aromatic nitrogens is 1. The van der Waals surface area contributed by atoms with Crippen molar-refractivity contribution in [1.82, 2.24) is 4.57 Å². The van der Waals surface area contributed by atoms with Crippen molar-refractivity contribution in [2.24, 2.45) is 4.99 Å². The Kier molecular flexibility index (Phi) is 9.29. The van der Waals surface area contributed by atoms with Gasteiger partial charge in [-0.25, -0.2) is 9.79 Å². The first kappa shape index (κ1) is 28.6. The number of fused-ring (bicyclic) bond motifs is 1. The standard InChI is InChI=1S/C29H31BrN2O6S/c1-6-9-20-25(28(34)38-8-3)26(19-16-18(30)11-13-21(19)35-4)32-27(33)24(39-29(32)31-20)15-17-10-12-22(36-5)23(14-17)37-7-2/h10-16,26H,6-9H2,1-5H3/b24-15+/t26-/m1/s1. The number of halogens is 1. The average molecular weight is 616 g/mol. The van der Waals surface area contributed by atoms with Crippen molar-refractivity contribution >= 4 is 39.3 Å². The van der Waals surface area contributed by atoms with Crippen LogP contribution in [-0.4, -0.2) is 38.0 Å². The lowest BCUT2D eigenvalue weighted by atomic mass is 9.93. The van der Waals surface area contributed by atoms with E-state index in [1.165, 1.54) is 11.3 Å². The molecule has 1 aliphatic heterocycles. The molecule has 4 rings (SSSR count). The lowest BCUT2D eigenvalue weighted by Crippen LogP contribution is -2.40. The van der Waals surface area contributed by atoms with Gasteiger partial charge in [0.1, 0.15) is 11.8 Å². The minimum Gasteiger partial charge on any atom is -0.496 e. The number of esters is 1. The van der Waals surface area contributed by atoms with Crippen molar-refractivity contribution in [1.29, 1.82) is 0 Å². The van der Waals surface area contributed by atoms with E-state index in [0.717, 1.165) is 16.5 Å². The molecule has 0 saturated heterocycles. The number of methoxy groups -OCH3 is 2. The smallest absolute Gasteiger partial charge is 0.338 e. The predicted molar refractivity (Wildman–Crippen MR) is 154 cm³/mol. The first-order valence-corrected chi connectivity index (χ1v) is 14.3. The highest BCUT2D eigenvalue weighted by atomic mass is 79.9. The van der Waals surface area contributed by atoms with E-state index >= 15 is 0 Å². The van der Waals surface area contributed by atoms with E-state index in [9.17, 15) is 9.59 Å². The Balaban J connectivity index is 2.01. The first-order chi connectivity index (χ1) is 18.9. The molecule has 0 N–H and O–H groups in total. The molecular formula is C29H31BrN2O6S. The van der Waals surface area contributed by atoms with Gasteiger partial charge in [0, 0.05) is 10.0 Å². The van der Waals surface area contributed by atoms with E-state index in [-0.39, 0.29) is 12.2 Å². The van der Waals surface area contributed by atoms with E-state index < -0.39 is 12.0 Å². The van der Waals surface area contributed by atoms with E-state index in [1.54, 1.807) is 37.9 Å². The average Bonchev–Trinajstić information content (AvgIpc) is 3.22. The molecule has 8 nitrogen and oxygen atoms in total. The molecule has 0 amide bonds. The summed E-state index contributed by atoms with van der Waals surface area (Å²) in [4.78, 5) is 32.7. The summed E-state index contributed by atoms with van der Waals surface area (Å²) < 4.78 is 25.1. The molecule has 1 aliphatic rings. The number of hydrogen-bond acceptors (Lipinski definition) is 8. The van der Waals surface area contributed by atoms with Crippen LogP contribution in [0.4, 0.5) is 0 Å². The van der Waals surface area contributed by atoms with Crippen LogP contribution in [0.1, 0.15) is 50.8 Å². The highest BCUT2D eigenvalue weighted by Crippen LogP contribution is 2.38. The van der Waals surface area contributed by atoms with Gasteiger partial charge in [0.25, 0.3) is 5.56 Å². The predicted octanol–water partition coefficient (Wildman–Crippen LogP) is 4.76. The molecule has 0 bridgehead atoms. The summed E-state index contributed by atoms with van der Waals surface area (Å²) in [6.45, 7) is 6.36. The van der Waals surface area contributed by atoms with Crippen LogP contribution in [0.15, 0.2) is 61.9 Å². The fourth-order valence-corrected chi connectivity index (χ4v) is 5.94. The number of nitrogens with zero attached hydrogens (tertiary/aromatic N) is 2. The Morgan fingerprint density at radius 1 is 1.05 bits per heavy atom. The van der Waals surface area contributed by atoms with Crippen LogP contribution < -0.4 is 29.1 Å². The van der Waals surface area contributed by atoms with Gasteiger partial charge < -0.3 is 18.9 Å². The zero-order valence-corrected chi connectivity index (χ0v) is 25.0. The third kappa shape index (κ3) is 5.81. The number of carbonyl (C=O) groups excluding carboxylic acids is 1. The monoisotopic (exact) mass is 614 g/mol. The van der Waals surface area contributed by atoms with Crippen molar-refractivity contribution in [2.75, 3.05) is 27.4 Å². The van der Waals surface area contributed by atoms with Crippen LogP contribution >= 0.6 is 27.3 Å². The number of benzene rings is 2. The van der Waals surface area contributed by atoms with Gasteiger partial charge in [-0.2, -0.15) is 0 Å². The van der Waals surface area contributed by atoms with Crippen molar-refractivity contribution in [3.63, 3.8) is 0 Å². The maximum absolute atomic E-state index is 14.0. The van der Waals surface area contributed by atoms with Gasteiger partial charge in [-0.05, 0) is 62.2 Å². The number of hydrogen-bond donors (Lipinski definition) is 0. The maximum Gasteiger partial charge on any atom is 0.338 e. The molecule has 206 valence electrons. The topological polar surface area (TPSA) is 88.4 Å². The van der Waals surface area contributed by atoms with E-state index in [2.05, 4.69) is 15.9 Å². The van der Waals surface area contributed by atoms with E-state index in [1.807, 2.05) is 44.2 Å². The zero-order valence-electron chi connectivity index (χ0n) is 22.6. The summed E-state index contributed by atoms with van der Waals surface area (Å²) in [7, 11) is 3.15. The number of carbonyl (C=O) groups is 1. The van der Waals surface area contributed by atoms with E-state index in [4.69, 9.17) is 23.9 Å². The Labute approximate surface area is 239 Å². The summed E-state index contributed by atoms with van der Waals surface area (Å²) in [5, 5.41) is 0. The minimum atomic E-state index is -0.772. The quantitative estimate of drug-likeness (QED) is 0.306. The Morgan fingerprint density at radius 3 is 2.46 bits per heavy atom. The Hall–Kier alpha value is -3.37. The summed E-state index contributed by atoms with van der Waals surface area (Å²) in [6.07, 6.45) is 3.13. The Bertz CT molecular complexity index is 1590. The summed E-state index contributed by atoms with van der Waals surface area (Å²) in [6, 6.07) is 10.3. The van der Waals surface area contributed by atoms with Crippen LogP contribution in [-0.2, 0) is 9.53 Å².